The van der Waals surface area contributed by atoms with E-state index in [0.717, 1.165) is 12.0 Å². The maximum Gasteiger partial charge on any atom is 0.294 e. The standard InChI is InChI=1S/C11H12O4S2/c1-4-5-16-15-10-6-9(3)11(7-8(10)2)17(12,13)14/h6-7H,1-3H3,(H,12,13,14). The van der Waals surface area contributed by atoms with E-state index in [1.807, 2.05) is 0 Å². The first-order valence-corrected chi connectivity index (χ1v) is 6.88. The van der Waals surface area contributed by atoms with Gasteiger partial charge in [-0.2, -0.15) is 8.42 Å². The Morgan fingerprint density at radius 3 is 2.47 bits per heavy atom. The molecule has 1 N–H and O–H groups in total. The van der Waals surface area contributed by atoms with Crippen LogP contribution >= 0.6 is 12.0 Å². The van der Waals surface area contributed by atoms with Gasteiger partial charge >= 0.3 is 0 Å². The summed E-state index contributed by atoms with van der Waals surface area (Å²) in [4.78, 5) is -0.103. The minimum atomic E-state index is -4.19. The quantitative estimate of drug-likeness (QED) is 0.520. The molecule has 6 heteroatoms. The van der Waals surface area contributed by atoms with Gasteiger partial charge in [-0.25, -0.2) is 0 Å². The third-order valence-corrected chi connectivity index (χ3v) is 3.57. The monoisotopic (exact) mass is 272 g/mol. The van der Waals surface area contributed by atoms with Crippen LogP contribution in [0.5, 0.6) is 5.75 Å². The molecule has 0 aromatic heterocycles. The van der Waals surface area contributed by atoms with Crippen molar-refractivity contribution < 1.29 is 17.2 Å². The first kappa shape index (κ1) is 13.9. The van der Waals surface area contributed by atoms with Crippen LogP contribution < -0.4 is 4.18 Å². The Hall–Kier alpha value is -1.16. The van der Waals surface area contributed by atoms with E-state index in [-0.39, 0.29) is 4.90 Å². The van der Waals surface area contributed by atoms with Crippen LogP contribution in [0.1, 0.15) is 18.1 Å². The van der Waals surface area contributed by atoms with E-state index >= 15 is 0 Å². The van der Waals surface area contributed by atoms with Crippen LogP contribution in [-0.4, -0.2) is 13.0 Å². The lowest BCUT2D eigenvalue weighted by atomic mass is 10.1. The number of hydrogen-bond donors (Lipinski definition) is 1. The lowest BCUT2D eigenvalue weighted by molar-refractivity contribution is 0.482. The van der Waals surface area contributed by atoms with Crippen LogP contribution in [0.15, 0.2) is 17.0 Å². The zero-order valence-corrected chi connectivity index (χ0v) is 11.3. The maximum absolute atomic E-state index is 11.1. The van der Waals surface area contributed by atoms with Gasteiger partial charge in [0.05, 0.1) is 4.90 Å². The Kier molecular flexibility index (Phi) is 4.46. The second kappa shape index (κ2) is 5.45. The summed E-state index contributed by atoms with van der Waals surface area (Å²) in [6.45, 7) is 4.98. The fourth-order valence-corrected chi connectivity index (χ4v) is 2.42. The van der Waals surface area contributed by atoms with Crippen molar-refractivity contribution >= 4 is 22.2 Å². The Balaban J connectivity index is 3.13. The number of benzene rings is 1. The smallest absolute Gasteiger partial charge is 0.294 e. The van der Waals surface area contributed by atoms with Crippen molar-refractivity contribution in [2.24, 2.45) is 0 Å². The molecule has 0 aliphatic rings. The maximum atomic E-state index is 11.1. The van der Waals surface area contributed by atoms with Gasteiger partial charge in [-0.05, 0) is 44.0 Å². The summed E-state index contributed by atoms with van der Waals surface area (Å²) >= 11 is 0.970. The summed E-state index contributed by atoms with van der Waals surface area (Å²) in [5, 5.41) is 2.67. The molecule has 92 valence electrons. The van der Waals surface area contributed by atoms with Crippen molar-refractivity contribution in [1.82, 2.24) is 0 Å². The topological polar surface area (TPSA) is 63.6 Å². The van der Waals surface area contributed by atoms with Crippen LogP contribution in [0.2, 0.25) is 0 Å². The highest BCUT2D eigenvalue weighted by atomic mass is 32.2. The minimum Gasteiger partial charge on any atom is -0.412 e. The molecule has 0 amide bonds. The fraction of sp³-hybridized carbons (Fsp3) is 0.273. The van der Waals surface area contributed by atoms with Crippen LogP contribution in [0.4, 0.5) is 0 Å². The Morgan fingerprint density at radius 2 is 1.94 bits per heavy atom. The van der Waals surface area contributed by atoms with Gasteiger partial charge in [-0.1, -0.05) is 5.92 Å². The first-order valence-electron chi connectivity index (χ1n) is 4.70. The highest BCUT2D eigenvalue weighted by Gasteiger charge is 2.15. The molecule has 0 radical (unpaired) electrons. The van der Waals surface area contributed by atoms with E-state index in [9.17, 15) is 8.42 Å². The third kappa shape index (κ3) is 3.66. The summed E-state index contributed by atoms with van der Waals surface area (Å²) < 4.78 is 36.4. The molecule has 0 atom stereocenters. The molecule has 0 saturated heterocycles. The summed E-state index contributed by atoms with van der Waals surface area (Å²) in [7, 11) is -4.19. The minimum absolute atomic E-state index is 0.103. The van der Waals surface area contributed by atoms with E-state index in [1.165, 1.54) is 6.07 Å². The highest BCUT2D eigenvalue weighted by Crippen LogP contribution is 2.27. The van der Waals surface area contributed by atoms with E-state index < -0.39 is 10.1 Å². The summed E-state index contributed by atoms with van der Waals surface area (Å²) in [5.74, 6) is 3.19. The van der Waals surface area contributed by atoms with E-state index in [2.05, 4.69) is 11.2 Å². The molecule has 17 heavy (non-hydrogen) atoms. The summed E-state index contributed by atoms with van der Waals surface area (Å²) in [6.07, 6.45) is 0. The molecule has 0 aliphatic carbocycles. The van der Waals surface area contributed by atoms with Gasteiger partial charge < -0.3 is 4.18 Å². The zero-order chi connectivity index (χ0) is 13.1. The summed E-state index contributed by atoms with van der Waals surface area (Å²) in [5.41, 5.74) is 1.05. The van der Waals surface area contributed by atoms with Crippen molar-refractivity contribution in [3.63, 3.8) is 0 Å². The van der Waals surface area contributed by atoms with Gasteiger partial charge in [-0.3, -0.25) is 4.55 Å². The normalized spacial score (nSPS) is 10.6. The third-order valence-electron chi connectivity index (χ3n) is 2.03. The molecule has 0 spiro atoms. The van der Waals surface area contributed by atoms with E-state index in [1.54, 1.807) is 26.8 Å². The van der Waals surface area contributed by atoms with Gasteiger partial charge in [0.1, 0.15) is 17.8 Å². The summed E-state index contributed by atoms with van der Waals surface area (Å²) in [6, 6.07) is 2.93. The average molecular weight is 272 g/mol. The van der Waals surface area contributed by atoms with Crippen LogP contribution in [0, 0.1) is 25.0 Å². The van der Waals surface area contributed by atoms with Crippen molar-refractivity contribution in [2.45, 2.75) is 25.7 Å². The van der Waals surface area contributed by atoms with Crippen LogP contribution in [0.25, 0.3) is 0 Å². The van der Waals surface area contributed by atoms with Gasteiger partial charge in [0, 0.05) is 5.25 Å². The Morgan fingerprint density at radius 1 is 1.29 bits per heavy atom. The van der Waals surface area contributed by atoms with Gasteiger partial charge in [0.2, 0.25) is 0 Å². The molecule has 0 unspecified atom stereocenters. The highest BCUT2D eigenvalue weighted by molar-refractivity contribution is 7.99. The lowest BCUT2D eigenvalue weighted by Gasteiger charge is -2.08. The molecule has 0 heterocycles. The van der Waals surface area contributed by atoms with E-state index in [0.29, 0.717) is 16.9 Å². The Labute approximate surface area is 105 Å². The van der Waals surface area contributed by atoms with Gasteiger partial charge in [-0.15, -0.1) is 0 Å². The molecule has 1 rings (SSSR count). The van der Waals surface area contributed by atoms with Crippen molar-refractivity contribution in [3.8, 4) is 16.9 Å². The number of aryl methyl sites for hydroxylation is 2. The fourth-order valence-electron chi connectivity index (χ4n) is 1.24. The zero-order valence-electron chi connectivity index (χ0n) is 9.64. The predicted octanol–water partition coefficient (Wildman–Crippen LogP) is 2.56. The lowest BCUT2D eigenvalue weighted by Crippen LogP contribution is -2.02. The molecule has 4 nitrogen and oxygen atoms in total. The molecule has 1 aromatic rings. The van der Waals surface area contributed by atoms with Crippen molar-refractivity contribution in [1.29, 1.82) is 0 Å². The van der Waals surface area contributed by atoms with Crippen LogP contribution in [0.3, 0.4) is 0 Å². The molecule has 0 saturated carbocycles. The molecular weight excluding hydrogens is 260 g/mol. The van der Waals surface area contributed by atoms with E-state index in [4.69, 9.17) is 8.74 Å². The molecule has 1 aromatic carbocycles. The van der Waals surface area contributed by atoms with Gasteiger partial charge in [0.25, 0.3) is 10.1 Å². The second-order valence-electron chi connectivity index (χ2n) is 3.38. The first-order chi connectivity index (χ1) is 7.86. The molecule has 0 bridgehead atoms. The molecular formula is C11H12O4S2. The molecule has 0 fully saturated rings. The SMILES string of the molecule is CC#CSOc1cc(C)c(S(=O)(=O)O)cc1C. The van der Waals surface area contributed by atoms with Crippen LogP contribution in [-0.2, 0) is 10.1 Å². The average Bonchev–Trinajstić information content (AvgIpc) is 2.21. The Bertz CT molecular complexity index is 579. The second-order valence-corrected chi connectivity index (χ2v) is 5.30. The van der Waals surface area contributed by atoms with Crippen molar-refractivity contribution in [2.75, 3.05) is 0 Å². The molecule has 0 aliphatic heterocycles. The van der Waals surface area contributed by atoms with Crippen molar-refractivity contribution in [3.05, 3.63) is 23.3 Å². The number of rotatable bonds is 3. The largest absolute Gasteiger partial charge is 0.412 e. The number of hydrogen-bond acceptors (Lipinski definition) is 4. The predicted molar refractivity (Wildman–Crippen MR) is 67.4 cm³/mol. The van der Waals surface area contributed by atoms with Gasteiger partial charge in [0.15, 0.2) is 0 Å².